The van der Waals surface area contributed by atoms with E-state index in [0.29, 0.717) is 6.54 Å². The lowest BCUT2D eigenvalue weighted by atomic mass is 10.1. The smallest absolute Gasteiger partial charge is 0.319 e. The van der Waals surface area contributed by atoms with Gasteiger partial charge in [-0.25, -0.2) is 9.78 Å². The second-order valence-corrected chi connectivity index (χ2v) is 5.88. The Hall–Kier alpha value is -1.92. The number of nitrogens with zero attached hydrogens (tertiary/aromatic N) is 1. The molecule has 1 aromatic carbocycles. The van der Waals surface area contributed by atoms with Crippen molar-refractivity contribution in [2.75, 3.05) is 5.32 Å². The topological polar surface area (TPSA) is 80.0 Å². The van der Waals surface area contributed by atoms with Gasteiger partial charge in [0.05, 0.1) is 11.6 Å². The zero-order chi connectivity index (χ0) is 14.5. The molecular weight excluding hydrogens is 272 g/mol. The van der Waals surface area contributed by atoms with Gasteiger partial charge in [0.1, 0.15) is 0 Å². The van der Waals surface area contributed by atoms with Crippen LogP contribution in [-0.2, 0) is 6.54 Å². The maximum Gasteiger partial charge on any atom is 0.319 e. The second kappa shape index (κ2) is 6.49. The number of nitrogens with two attached hydrogens (primary N) is 1. The minimum Gasteiger partial charge on any atom is -0.333 e. The molecule has 2 amide bonds. The summed E-state index contributed by atoms with van der Waals surface area (Å²) in [7, 11) is 0. The molecule has 6 heteroatoms. The highest BCUT2D eigenvalue weighted by Crippen LogP contribution is 2.14. The first-order valence-corrected chi connectivity index (χ1v) is 7.18. The molecule has 0 aliphatic rings. The Kier molecular flexibility index (Phi) is 4.70. The van der Waals surface area contributed by atoms with E-state index in [1.807, 2.05) is 38.1 Å². The van der Waals surface area contributed by atoms with Crippen LogP contribution in [-0.4, -0.2) is 11.0 Å². The van der Waals surface area contributed by atoms with E-state index in [4.69, 9.17) is 5.73 Å². The molecule has 0 aliphatic carbocycles. The summed E-state index contributed by atoms with van der Waals surface area (Å²) in [6.45, 7) is 4.34. The number of thiazole rings is 1. The van der Waals surface area contributed by atoms with E-state index in [-0.39, 0.29) is 12.1 Å². The Balaban J connectivity index is 1.84. The van der Waals surface area contributed by atoms with E-state index in [1.54, 1.807) is 17.5 Å². The third-order valence-electron chi connectivity index (χ3n) is 2.79. The Labute approximate surface area is 122 Å². The lowest BCUT2D eigenvalue weighted by Crippen LogP contribution is -2.27. The number of carbonyl (C=O) groups is 1. The average Bonchev–Trinajstić information content (AvgIpc) is 2.83. The summed E-state index contributed by atoms with van der Waals surface area (Å²) in [5.41, 5.74) is 7.56. The van der Waals surface area contributed by atoms with Crippen LogP contribution in [0.3, 0.4) is 0 Å². The van der Waals surface area contributed by atoms with Gasteiger partial charge in [0.15, 0.2) is 0 Å². The van der Waals surface area contributed by atoms with E-state index >= 15 is 0 Å². The molecular formula is C14H18N4OS. The van der Waals surface area contributed by atoms with Crippen LogP contribution in [0.4, 0.5) is 10.5 Å². The normalized spacial score (nSPS) is 11.9. The highest BCUT2D eigenvalue weighted by Gasteiger charge is 2.04. The van der Waals surface area contributed by atoms with Crippen molar-refractivity contribution in [1.29, 1.82) is 0 Å². The molecule has 0 aliphatic heterocycles. The number of anilines is 1. The fraction of sp³-hybridized carbons (Fsp3) is 0.286. The SMILES string of the molecule is Cc1ncc(CNC(=O)Nc2ccc(C(C)N)cc2)s1. The van der Waals surface area contributed by atoms with Crippen LogP contribution < -0.4 is 16.4 Å². The predicted molar refractivity (Wildman–Crippen MR) is 81.8 cm³/mol. The van der Waals surface area contributed by atoms with Crippen molar-refractivity contribution >= 4 is 23.1 Å². The molecule has 5 nitrogen and oxygen atoms in total. The Morgan fingerprint density at radius 2 is 2.10 bits per heavy atom. The van der Waals surface area contributed by atoms with Crippen LogP contribution in [0.15, 0.2) is 30.5 Å². The van der Waals surface area contributed by atoms with E-state index in [9.17, 15) is 4.79 Å². The third kappa shape index (κ3) is 4.04. The van der Waals surface area contributed by atoms with Gasteiger partial charge in [-0.3, -0.25) is 0 Å². The number of urea groups is 1. The van der Waals surface area contributed by atoms with E-state index in [0.717, 1.165) is 21.1 Å². The van der Waals surface area contributed by atoms with Crippen molar-refractivity contribution in [3.8, 4) is 0 Å². The van der Waals surface area contributed by atoms with Gasteiger partial charge in [0.25, 0.3) is 0 Å². The first-order chi connectivity index (χ1) is 9.54. The monoisotopic (exact) mass is 290 g/mol. The minimum atomic E-state index is -0.232. The Morgan fingerprint density at radius 1 is 1.40 bits per heavy atom. The van der Waals surface area contributed by atoms with Crippen molar-refractivity contribution in [3.05, 3.63) is 45.9 Å². The van der Waals surface area contributed by atoms with Gasteiger partial charge in [-0.05, 0) is 31.5 Å². The zero-order valence-corrected chi connectivity index (χ0v) is 12.3. The minimum absolute atomic E-state index is 0.00700. The van der Waals surface area contributed by atoms with Crippen LogP contribution in [0, 0.1) is 6.92 Å². The van der Waals surface area contributed by atoms with Crippen LogP contribution in [0.2, 0.25) is 0 Å². The molecule has 20 heavy (non-hydrogen) atoms. The van der Waals surface area contributed by atoms with Gasteiger partial charge in [-0.1, -0.05) is 12.1 Å². The number of hydrogen-bond acceptors (Lipinski definition) is 4. The zero-order valence-electron chi connectivity index (χ0n) is 11.5. The molecule has 1 atom stereocenters. The van der Waals surface area contributed by atoms with Crippen molar-refractivity contribution in [1.82, 2.24) is 10.3 Å². The molecule has 1 aromatic heterocycles. The first kappa shape index (κ1) is 14.5. The van der Waals surface area contributed by atoms with Crippen LogP contribution in [0.25, 0.3) is 0 Å². The number of aromatic nitrogens is 1. The van der Waals surface area contributed by atoms with Gasteiger partial charge < -0.3 is 16.4 Å². The van der Waals surface area contributed by atoms with Crippen LogP contribution in [0.5, 0.6) is 0 Å². The summed E-state index contributed by atoms with van der Waals surface area (Å²) in [6.07, 6.45) is 1.78. The number of benzene rings is 1. The standard InChI is InChI=1S/C14H18N4OS/c1-9(15)11-3-5-12(6-4-11)18-14(19)17-8-13-7-16-10(2)20-13/h3-7,9H,8,15H2,1-2H3,(H2,17,18,19). The van der Waals surface area contributed by atoms with Crippen molar-refractivity contribution in [2.45, 2.75) is 26.4 Å². The summed E-state index contributed by atoms with van der Waals surface area (Å²) in [6, 6.07) is 7.27. The molecule has 1 heterocycles. The predicted octanol–water partition coefficient (Wildman–Crippen LogP) is 2.79. The fourth-order valence-corrected chi connectivity index (χ4v) is 2.43. The summed E-state index contributed by atoms with van der Waals surface area (Å²) < 4.78 is 0. The quantitative estimate of drug-likeness (QED) is 0.810. The summed E-state index contributed by atoms with van der Waals surface area (Å²) in [5, 5.41) is 6.57. The molecule has 1 unspecified atom stereocenters. The second-order valence-electron chi connectivity index (χ2n) is 4.56. The molecule has 106 valence electrons. The molecule has 2 aromatic rings. The summed E-state index contributed by atoms with van der Waals surface area (Å²) in [5.74, 6) is 0. The van der Waals surface area contributed by atoms with Gasteiger partial charge >= 0.3 is 6.03 Å². The largest absolute Gasteiger partial charge is 0.333 e. The lowest BCUT2D eigenvalue weighted by molar-refractivity contribution is 0.252. The van der Waals surface area contributed by atoms with Crippen molar-refractivity contribution < 1.29 is 4.79 Å². The third-order valence-corrected chi connectivity index (χ3v) is 3.70. The number of nitrogens with one attached hydrogen (secondary N) is 2. The number of rotatable bonds is 4. The summed E-state index contributed by atoms with van der Waals surface area (Å²) >= 11 is 1.57. The van der Waals surface area contributed by atoms with Gasteiger partial charge in [-0.2, -0.15) is 0 Å². The molecule has 0 radical (unpaired) electrons. The maximum absolute atomic E-state index is 11.7. The van der Waals surface area contributed by atoms with Gasteiger partial charge in [0.2, 0.25) is 0 Å². The molecule has 0 fully saturated rings. The molecule has 0 saturated carbocycles. The average molecular weight is 290 g/mol. The van der Waals surface area contributed by atoms with Crippen LogP contribution >= 0.6 is 11.3 Å². The molecule has 0 saturated heterocycles. The van der Waals surface area contributed by atoms with Gasteiger partial charge in [0, 0.05) is 22.8 Å². The number of hydrogen-bond donors (Lipinski definition) is 3. The summed E-state index contributed by atoms with van der Waals surface area (Å²) in [4.78, 5) is 16.9. The Morgan fingerprint density at radius 3 is 2.65 bits per heavy atom. The Bertz CT molecular complexity index is 577. The van der Waals surface area contributed by atoms with E-state index < -0.39 is 0 Å². The van der Waals surface area contributed by atoms with Crippen molar-refractivity contribution in [3.63, 3.8) is 0 Å². The van der Waals surface area contributed by atoms with Crippen molar-refractivity contribution in [2.24, 2.45) is 5.73 Å². The molecule has 0 spiro atoms. The lowest BCUT2D eigenvalue weighted by Gasteiger charge is -2.09. The van der Waals surface area contributed by atoms with Crippen LogP contribution in [0.1, 0.15) is 28.4 Å². The highest BCUT2D eigenvalue weighted by atomic mass is 32.1. The molecule has 4 N–H and O–H groups in total. The number of amides is 2. The first-order valence-electron chi connectivity index (χ1n) is 6.36. The molecule has 2 rings (SSSR count). The maximum atomic E-state index is 11.7. The molecule has 0 bridgehead atoms. The van der Waals surface area contributed by atoms with E-state index in [2.05, 4.69) is 15.6 Å². The van der Waals surface area contributed by atoms with E-state index in [1.165, 1.54) is 0 Å². The van der Waals surface area contributed by atoms with Gasteiger partial charge in [-0.15, -0.1) is 11.3 Å². The fourth-order valence-electron chi connectivity index (χ4n) is 1.70. The number of aryl methyl sites for hydroxylation is 1. The number of carbonyl (C=O) groups excluding carboxylic acids is 1. The highest BCUT2D eigenvalue weighted by molar-refractivity contribution is 7.11.